The SMILES string of the molecule is CC(C)CN(CC(N)=O)C(=O)[C@H](N)C(C)(C)C. The Hall–Kier alpha value is -1.10. The summed E-state index contributed by atoms with van der Waals surface area (Å²) in [5, 5.41) is 0. The first-order valence-corrected chi connectivity index (χ1v) is 5.88. The van der Waals surface area contributed by atoms with Crippen LogP contribution in [0.15, 0.2) is 0 Å². The molecule has 0 saturated heterocycles. The van der Waals surface area contributed by atoms with Gasteiger partial charge in [-0.2, -0.15) is 0 Å². The van der Waals surface area contributed by atoms with Crippen molar-refractivity contribution >= 4 is 11.8 Å². The molecule has 5 heteroatoms. The zero-order valence-electron chi connectivity index (χ0n) is 11.5. The van der Waals surface area contributed by atoms with Gasteiger partial charge in [-0.25, -0.2) is 0 Å². The fourth-order valence-electron chi connectivity index (χ4n) is 1.43. The van der Waals surface area contributed by atoms with Gasteiger partial charge in [-0.1, -0.05) is 34.6 Å². The van der Waals surface area contributed by atoms with Gasteiger partial charge in [-0.05, 0) is 11.3 Å². The zero-order valence-corrected chi connectivity index (χ0v) is 11.5. The molecule has 0 aliphatic carbocycles. The third-order valence-electron chi connectivity index (χ3n) is 2.44. The summed E-state index contributed by atoms with van der Waals surface area (Å²) >= 11 is 0. The summed E-state index contributed by atoms with van der Waals surface area (Å²) in [6.07, 6.45) is 0. The van der Waals surface area contributed by atoms with E-state index in [1.807, 2.05) is 34.6 Å². The smallest absolute Gasteiger partial charge is 0.240 e. The fraction of sp³-hybridized carbons (Fsp3) is 0.833. The summed E-state index contributed by atoms with van der Waals surface area (Å²) in [5.74, 6) is -0.462. The molecule has 1 atom stereocenters. The van der Waals surface area contributed by atoms with Gasteiger partial charge in [0.25, 0.3) is 0 Å². The van der Waals surface area contributed by atoms with E-state index in [1.165, 1.54) is 4.90 Å². The van der Waals surface area contributed by atoms with Crippen molar-refractivity contribution in [2.24, 2.45) is 22.8 Å². The van der Waals surface area contributed by atoms with Gasteiger partial charge in [0.15, 0.2) is 0 Å². The van der Waals surface area contributed by atoms with Crippen molar-refractivity contribution < 1.29 is 9.59 Å². The lowest BCUT2D eigenvalue weighted by atomic mass is 9.86. The average Bonchev–Trinajstić information content (AvgIpc) is 2.11. The van der Waals surface area contributed by atoms with Crippen LogP contribution in [0.2, 0.25) is 0 Å². The summed E-state index contributed by atoms with van der Waals surface area (Å²) in [4.78, 5) is 24.6. The molecule has 5 nitrogen and oxygen atoms in total. The van der Waals surface area contributed by atoms with Crippen molar-refractivity contribution in [3.05, 3.63) is 0 Å². The molecule has 0 spiro atoms. The van der Waals surface area contributed by atoms with Gasteiger partial charge in [0, 0.05) is 6.54 Å². The molecule has 0 aromatic heterocycles. The first kappa shape index (κ1) is 15.9. The van der Waals surface area contributed by atoms with Crippen molar-refractivity contribution in [1.82, 2.24) is 4.90 Å². The highest BCUT2D eigenvalue weighted by Crippen LogP contribution is 2.19. The zero-order chi connectivity index (χ0) is 13.8. The molecule has 4 N–H and O–H groups in total. The number of rotatable bonds is 5. The molecule has 0 aliphatic heterocycles. The Kier molecular flexibility index (Phi) is 5.61. The molecule has 0 aromatic carbocycles. The van der Waals surface area contributed by atoms with E-state index in [1.54, 1.807) is 0 Å². The molecular formula is C12H25N3O2. The topological polar surface area (TPSA) is 89.4 Å². The van der Waals surface area contributed by atoms with Crippen LogP contribution < -0.4 is 11.5 Å². The molecule has 0 unspecified atom stereocenters. The molecule has 0 rings (SSSR count). The number of hydrogen-bond acceptors (Lipinski definition) is 3. The minimum atomic E-state index is -0.624. The Morgan fingerprint density at radius 2 is 1.71 bits per heavy atom. The van der Waals surface area contributed by atoms with E-state index in [9.17, 15) is 9.59 Å². The van der Waals surface area contributed by atoms with Gasteiger partial charge in [-0.3, -0.25) is 9.59 Å². The summed E-state index contributed by atoms with van der Waals surface area (Å²) in [7, 11) is 0. The second-order valence-electron chi connectivity index (χ2n) is 5.92. The van der Waals surface area contributed by atoms with E-state index in [2.05, 4.69) is 0 Å². The number of carbonyl (C=O) groups excluding carboxylic acids is 2. The predicted molar refractivity (Wildman–Crippen MR) is 68.0 cm³/mol. The van der Waals surface area contributed by atoms with Gasteiger partial charge < -0.3 is 16.4 Å². The highest BCUT2D eigenvalue weighted by molar-refractivity contribution is 5.87. The second-order valence-corrected chi connectivity index (χ2v) is 5.92. The fourth-order valence-corrected chi connectivity index (χ4v) is 1.43. The average molecular weight is 243 g/mol. The second kappa shape index (κ2) is 6.00. The lowest BCUT2D eigenvalue weighted by Gasteiger charge is -2.32. The first-order valence-electron chi connectivity index (χ1n) is 5.88. The molecule has 100 valence electrons. The van der Waals surface area contributed by atoms with Crippen molar-refractivity contribution in [3.63, 3.8) is 0 Å². The van der Waals surface area contributed by atoms with Gasteiger partial charge in [0.1, 0.15) is 0 Å². The Morgan fingerprint density at radius 1 is 1.24 bits per heavy atom. The molecule has 0 aliphatic rings. The highest BCUT2D eigenvalue weighted by Gasteiger charge is 2.31. The van der Waals surface area contributed by atoms with Crippen LogP contribution in [0.3, 0.4) is 0 Å². The Bertz CT molecular complexity index is 282. The van der Waals surface area contributed by atoms with E-state index in [-0.39, 0.29) is 23.8 Å². The van der Waals surface area contributed by atoms with E-state index < -0.39 is 11.9 Å². The van der Waals surface area contributed by atoms with E-state index in [0.29, 0.717) is 6.54 Å². The van der Waals surface area contributed by atoms with Crippen LogP contribution in [0.1, 0.15) is 34.6 Å². The molecule has 0 fully saturated rings. The quantitative estimate of drug-likeness (QED) is 0.729. The highest BCUT2D eigenvalue weighted by atomic mass is 16.2. The number of nitrogens with zero attached hydrogens (tertiary/aromatic N) is 1. The van der Waals surface area contributed by atoms with Crippen LogP contribution in [0.25, 0.3) is 0 Å². The molecule has 0 heterocycles. The molecule has 0 saturated carbocycles. The van der Waals surface area contributed by atoms with Crippen LogP contribution in [0.4, 0.5) is 0 Å². The van der Waals surface area contributed by atoms with Crippen LogP contribution in [0.5, 0.6) is 0 Å². The number of primary amides is 1. The van der Waals surface area contributed by atoms with Crippen molar-refractivity contribution in [1.29, 1.82) is 0 Å². The largest absolute Gasteiger partial charge is 0.368 e. The van der Waals surface area contributed by atoms with Crippen molar-refractivity contribution in [3.8, 4) is 0 Å². The van der Waals surface area contributed by atoms with Crippen LogP contribution in [-0.2, 0) is 9.59 Å². The Balaban J connectivity index is 4.80. The Morgan fingerprint density at radius 3 is 2.00 bits per heavy atom. The molecule has 0 radical (unpaired) electrons. The van der Waals surface area contributed by atoms with E-state index >= 15 is 0 Å². The first-order chi connectivity index (χ1) is 7.55. The predicted octanol–water partition coefficient (Wildman–Crippen LogP) is 0.330. The van der Waals surface area contributed by atoms with Crippen molar-refractivity contribution in [2.45, 2.75) is 40.7 Å². The lowest BCUT2D eigenvalue weighted by Crippen LogP contribution is -2.53. The standard InChI is InChI=1S/C12H25N3O2/c1-8(2)6-15(7-9(13)16)11(17)10(14)12(3,4)5/h8,10H,6-7,14H2,1-5H3,(H2,13,16)/t10-/m0/s1. The number of nitrogens with two attached hydrogens (primary N) is 2. The molecular weight excluding hydrogens is 218 g/mol. The number of hydrogen-bond donors (Lipinski definition) is 2. The monoisotopic (exact) mass is 243 g/mol. The van der Waals surface area contributed by atoms with Crippen LogP contribution in [0, 0.1) is 11.3 Å². The summed E-state index contributed by atoms with van der Waals surface area (Å²) < 4.78 is 0. The minimum absolute atomic E-state index is 0.0687. The number of amides is 2. The molecule has 17 heavy (non-hydrogen) atoms. The summed E-state index contributed by atoms with van der Waals surface area (Å²) in [6.45, 7) is 10.1. The minimum Gasteiger partial charge on any atom is -0.368 e. The lowest BCUT2D eigenvalue weighted by molar-refractivity contribution is -0.138. The van der Waals surface area contributed by atoms with Crippen LogP contribution in [-0.4, -0.2) is 35.8 Å². The van der Waals surface area contributed by atoms with E-state index in [4.69, 9.17) is 11.5 Å². The Labute approximate surface area is 104 Å². The molecule has 2 amide bonds. The van der Waals surface area contributed by atoms with Crippen molar-refractivity contribution in [2.75, 3.05) is 13.1 Å². The maximum absolute atomic E-state index is 12.2. The maximum Gasteiger partial charge on any atom is 0.240 e. The van der Waals surface area contributed by atoms with E-state index in [0.717, 1.165) is 0 Å². The van der Waals surface area contributed by atoms with Gasteiger partial charge >= 0.3 is 0 Å². The van der Waals surface area contributed by atoms with Gasteiger partial charge in [0.05, 0.1) is 12.6 Å². The normalized spacial score (nSPS) is 13.6. The third kappa shape index (κ3) is 5.68. The van der Waals surface area contributed by atoms with Gasteiger partial charge in [-0.15, -0.1) is 0 Å². The molecule has 0 aromatic rings. The van der Waals surface area contributed by atoms with Crippen LogP contribution >= 0.6 is 0 Å². The summed E-state index contributed by atoms with van der Waals surface area (Å²) in [5.41, 5.74) is 10.7. The number of carbonyl (C=O) groups is 2. The molecule has 0 bridgehead atoms. The van der Waals surface area contributed by atoms with Gasteiger partial charge in [0.2, 0.25) is 11.8 Å². The summed E-state index contributed by atoms with van der Waals surface area (Å²) in [6, 6.07) is -0.624. The maximum atomic E-state index is 12.2. The third-order valence-corrected chi connectivity index (χ3v) is 2.44.